The first-order valence-corrected chi connectivity index (χ1v) is 6.10. The molecule has 0 aliphatic rings. The second-order valence-corrected chi connectivity index (χ2v) is 4.50. The van der Waals surface area contributed by atoms with E-state index in [-0.39, 0.29) is 5.69 Å². The summed E-state index contributed by atoms with van der Waals surface area (Å²) in [5.74, 6) is -2.89. The minimum absolute atomic E-state index is 0.101. The molecule has 0 saturated carbocycles. The number of nitrogens with one attached hydrogen (secondary N) is 1. The van der Waals surface area contributed by atoms with Gasteiger partial charge in [-0.25, -0.2) is 14.2 Å². The largest absolute Gasteiger partial charge is 0.478 e. The zero-order valence-corrected chi connectivity index (χ0v) is 11.3. The molecule has 0 aliphatic heterocycles. The number of carboxylic acids is 1. The Morgan fingerprint density at radius 3 is 2.50 bits per heavy atom. The number of carbonyl (C=O) groups is 1. The molecule has 1 heterocycles. The molecule has 0 spiro atoms. The van der Waals surface area contributed by atoms with Crippen molar-refractivity contribution < 1.29 is 27.5 Å². The lowest BCUT2D eigenvalue weighted by atomic mass is 10.2. The van der Waals surface area contributed by atoms with E-state index in [1.165, 1.54) is 12.1 Å². The third-order valence-electron chi connectivity index (χ3n) is 2.62. The molecule has 2 N–H and O–H groups in total. The van der Waals surface area contributed by atoms with E-state index in [1.807, 2.05) is 0 Å². The van der Waals surface area contributed by atoms with E-state index < -0.39 is 40.1 Å². The van der Waals surface area contributed by atoms with E-state index in [0.29, 0.717) is 6.07 Å². The van der Waals surface area contributed by atoms with Crippen molar-refractivity contribution in [3.8, 4) is 0 Å². The maximum absolute atomic E-state index is 13.3. The molecule has 0 atom stereocenters. The molecule has 22 heavy (non-hydrogen) atoms. The van der Waals surface area contributed by atoms with Crippen molar-refractivity contribution in [1.29, 1.82) is 0 Å². The fourth-order valence-corrected chi connectivity index (χ4v) is 1.79. The summed E-state index contributed by atoms with van der Waals surface area (Å²) < 4.78 is 51.3. The number of hydrogen-bond donors (Lipinski definition) is 2. The zero-order chi connectivity index (χ0) is 16.5. The molecular formula is C13H7ClF4N2O2. The van der Waals surface area contributed by atoms with Crippen molar-refractivity contribution in [3.63, 3.8) is 0 Å². The number of hydrogen-bond acceptors (Lipinski definition) is 3. The fourth-order valence-electron chi connectivity index (χ4n) is 1.61. The maximum Gasteiger partial charge on any atom is 0.433 e. The highest BCUT2D eigenvalue weighted by Gasteiger charge is 2.33. The van der Waals surface area contributed by atoms with E-state index in [2.05, 4.69) is 10.3 Å². The summed E-state index contributed by atoms with van der Waals surface area (Å²) in [6, 6.07) is 4.89. The Hall–Kier alpha value is -2.35. The van der Waals surface area contributed by atoms with Crippen molar-refractivity contribution in [1.82, 2.24) is 4.98 Å². The normalized spacial score (nSPS) is 11.3. The van der Waals surface area contributed by atoms with Crippen molar-refractivity contribution in [2.45, 2.75) is 6.18 Å². The van der Waals surface area contributed by atoms with Crippen LogP contribution >= 0.6 is 11.6 Å². The van der Waals surface area contributed by atoms with Crippen LogP contribution in [0, 0.1) is 5.82 Å². The number of carboxylic acid groups (broad SMARTS) is 1. The van der Waals surface area contributed by atoms with Crippen molar-refractivity contribution in [2.24, 2.45) is 0 Å². The van der Waals surface area contributed by atoms with E-state index in [0.717, 1.165) is 12.1 Å². The van der Waals surface area contributed by atoms with Gasteiger partial charge < -0.3 is 10.4 Å². The van der Waals surface area contributed by atoms with Crippen LogP contribution in [0.15, 0.2) is 30.3 Å². The number of benzene rings is 1. The molecule has 0 unspecified atom stereocenters. The van der Waals surface area contributed by atoms with Gasteiger partial charge in [-0.2, -0.15) is 13.2 Å². The van der Waals surface area contributed by atoms with Gasteiger partial charge in [0.2, 0.25) is 0 Å². The molecule has 9 heteroatoms. The summed E-state index contributed by atoms with van der Waals surface area (Å²) in [6.07, 6.45) is -4.75. The van der Waals surface area contributed by atoms with E-state index >= 15 is 0 Å². The van der Waals surface area contributed by atoms with E-state index in [9.17, 15) is 22.4 Å². The molecule has 0 bridgehead atoms. The van der Waals surface area contributed by atoms with Gasteiger partial charge in [0.05, 0.1) is 10.7 Å². The van der Waals surface area contributed by atoms with Crippen LogP contribution in [0.5, 0.6) is 0 Å². The van der Waals surface area contributed by atoms with E-state index in [1.54, 1.807) is 0 Å². The fraction of sp³-hybridized carbons (Fsp3) is 0.0769. The van der Waals surface area contributed by atoms with Crippen LogP contribution in [0.3, 0.4) is 0 Å². The van der Waals surface area contributed by atoms with Crippen molar-refractivity contribution >= 4 is 29.1 Å². The standard InChI is InChI=1S/C13H7ClF4N2O2/c14-10-7(15)2-1-3-8(10)19-11-6(12(21)22)4-5-9(20-11)13(16,17)18/h1-5H,(H,19,20)(H,21,22). The highest BCUT2D eigenvalue weighted by atomic mass is 35.5. The summed E-state index contributed by atoms with van der Waals surface area (Å²) in [5.41, 5.74) is -1.89. The minimum atomic E-state index is -4.75. The van der Waals surface area contributed by atoms with Crippen molar-refractivity contribution in [3.05, 3.63) is 52.4 Å². The second kappa shape index (κ2) is 5.80. The first-order chi connectivity index (χ1) is 10.2. The van der Waals surface area contributed by atoms with Crippen LogP contribution < -0.4 is 5.32 Å². The lowest BCUT2D eigenvalue weighted by Gasteiger charge is -2.13. The number of nitrogens with zero attached hydrogens (tertiary/aromatic N) is 1. The van der Waals surface area contributed by atoms with Gasteiger partial charge in [0.15, 0.2) is 0 Å². The van der Waals surface area contributed by atoms with Crippen LogP contribution in [-0.2, 0) is 6.18 Å². The van der Waals surface area contributed by atoms with Gasteiger partial charge in [-0.1, -0.05) is 17.7 Å². The molecule has 116 valence electrons. The molecule has 2 rings (SSSR count). The van der Waals surface area contributed by atoms with Gasteiger partial charge in [-0.15, -0.1) is 0 Å². The van der Waals surface area contributed by atoms with Crippen LogP contribution in [0.4, 0.5) is 29.1 Å². The van der Waals surface area contributed by atoms with Crippen molar-refractivity contribution in [2.75, 3.05) is 5.32 Å². The van der Waals surface area contributed by atoms with E-state index in [4.69, 9.17) is 16.7 Å². The van der Waals surface area contributed by atoms with Crippen LogP contribution in [0.25, 0.3) is 0 Å². The van der Waals surface area contributed by atoms with Gasteiger partial charge in [0.25, 0.3) is 0 Å². The highest BCUT2D eigenvalue weighted by molar-refractivity contribution is 6.33. The number of rotatable bonds is 3. The van der Waals surface area contributed by atoms with Crippen LogP contribution in [0.2, 0.25) is 5.02 Å². The van der Waals surface area contributed by atoms with Gasteiger partial charge >= 0.3 is 12.1 Å². The Kier molecular flexibility index (Phi) is 4.23. The average Bonchev–Trinajstić information content (AvgIpc) is 2.42. The summed E-state index contributed by atoms with van der Waals surface area (Å²) >= 11 is 5.67. The molecule has 0 aliphatic carbocycles. The number of halogens is 5. The Morgan fingerprint density at radius 2 is 1.91 bits per heavy atom. The molecule has 0 amide bonds. The first-order valence-electron chi connectivity index (χ1n) is 5.72. The minimum Gasteiger partial charge on any atom is -0.478 e. The molecule has 0 radical (unpaired) electrons. The SMILES string of the molecule is O=C(O)c1ccc(C(F)(F)F)nc1Nc1cccc(F)c1Cl. The first kappa shape index (κ1) is 16.0. The lowest BCUT2D eigenvalue weighted by Crippen LogP contribution is -2.12. The Labute approximate surface area is 126 Å². The quantitative estimate of drug-likeness (QED) is 0.820. The number of anilines is 2. The Morgan fingerprint density at radius 1 is 1.23 bits per heavy atom. The maximum atomic E-state index is 13.3. The van der Waals surface area contributed by atoms with Gasteiger partial charge in [0.1, 0.15) is 22.9 Å². The molecule has 2 aromatic rings. The summed E-state index contributed by atoms with van der Waals surface area (Å²) in [4.78, 5) is 14.3. The monoisotopic (exact) mass is 334 g/mol. The molecule has 1 aromatic heterocycles. The lowest BCUT2D eigenvalue weighted by molar-refractivity contribution is -0.141. The molecule has 0 saturated heterocycles. The summed E-state index contributed by atoms with van der Waals surface area (Å²) in [5, 5.41) is 10.9. The molecular weight excluding hydrogens is 328 g/mol. The second-order valence-electron chi connectivity index (χ2n) is 4.12. The summed E-state index contributed by atoms with van der Waals surface area (Å²) in [6.45, 7) is 0. The van der Waals surface area contributed by atoms with Gasteiger partial charge in [-0.05, 0) is 24.3 Å². The Balaban J connectivity index is 2.52. The van der Waals surface area contributed by atoms with Crippen LogP contribution in [-0.4, -0.2) is 16.1 Å². The smallest absolute Gasteiger partial charge is 0.433 e. The predicted molar refractivity (Wildman–Crippen MR) is 70.9 cm³/mol. The summed E-state index contributed by atoms with van der Waals surface area (Å²) in [7, 11) is 0. The molecule has 4 nitrogen and oxygen atoms in total. The third kappa shape index (κ3) is 3.28. The highest BCUT2D eigenvalue weighted by Crippen LogP contribution is 2.32. The molecule has 1 aromatic carbocycles. The topological polar surface area (TPSA) is 62.2 Å². The van der Waals surface area contributed by atoms with Crippen LogP contribution in [0.1, 0.15) is 16.1 Å². The van der Waals surface area contributed by atoms with Gasteiger partial charge in [0, 0.05) is 0 Å². The number of pyridine rings is 1. The average molecular weight is 335 g/mol. The number of aromatic nitrogens is 1. The predicted octanol–water partition coefficient (Wildman–Crippen LogP) is 4.33. The Bertz CT molecular complexity index is 734. The number of aromatic carboxylic acids is 1. The number of alkyl halides is 3. The van der Waals surface area contributed by atoms with Gasteiger partial charge in [-0.3, -0.25) is 0 Å². The third-order valence-corrected chi connectivity index (χ3v) is 3.00. The zero-order valence-electron chi connectivity index (χ0n) is 10.6. The molecule has 0 fully saturated rings.